The van der Waals surface area contributed by atoms with Crippen LogP contribution in [0, 0.1) is 20.8 Å². The molecule has 134 valence electrons. The first-order chi connectivity index (χ1) is 12.5. The van der Waals surface area contributed by atoms with Crippen LogP contribution >= 0.6 is 11.8 Å². The fraction of sp³-hybridized carbons (Fsp3) is 0.263. The monoisotopic (exact) mass is 368 g/mol. The van der Waals surface area contributed by atoms with Crippen LogP contribution in [0.1, 0.15) is 27.0 Å². The van der Waals surface area contributed by atoms with Gasteiger partial charge in [-0.15, -0.1) is 5.10 Å². The Morgan fingerprint density at radius 3 is 2.46 bits per heavy atom. The van der Waals surface area contributed by atoms with E-state index in [1.807, 2.05) is 51.1 Å². The Hall–Kier alpha value is -2.67. The van der Waals surface area contributed by atoms with Crippen LogP contribution in [0.4, 0.5) is 0 Å². The number of aromatic nitrogens is 4. The standard InChI is InChI=1S/C19H20N4O2S/c1-12-9-14(3)17(10-13(12)2)18(24)11-26-19-20-21-22-23(19)15-5-7-16(25-4)8-6-15/h5-10H,11H2,1-4H3. The van der Waals surface area contributed by atoms with Crippen molar-refractivity contribution in [3.8, 4) is 11.4 Å². The third kappa shape index (κ3) is 3.77. The molecule has 0 amide bonds. The highest BCUT2D eigenvalue weighted by Gasteiger charge is 2.15. The number of carbonyl (C=O) groups is 1. The molecule has 0 spiro atoms. The quantitative estimate of drug-likeness (QED) is 0.489. The maximum atomic E-state index is 12.6. The summed E-state index contributed by atoms with van der Waals surface area (Å²) >= 11 is 1.33. The van der Waals surface area contributed by atoms with E-state index in [0.29, 0.717) is 5.16 Å². The van der Waals surface area contributed by atoms with Crippen LogP contribution < -0.4 is 4.74 Å². The van der Waals surface area contributed by atoms with Gasteiger partial charge in [0, 0.05) is 5.56 Å². The van der Waals surface area contributed by atoms with Crippen LogP contribution in [-0.2, 0) is 0 Å². The van der Waals surface area contributed by atoms with Gasteiger partial charge in [0.15, 0.2) is 5.78 Å². The number of Topliss-reactive ketones (excluding diaryl/α,β-unsaturated/α-hetero) is 1. The number of ketones is 1. The summed E-state index contributed by atoms with van der Waals surface area (Å²) in [5.41, 5.74) is 4.87. The third-order valence-electron chi connectivity index (χ3n) is 4.23. The largest absolute Gasteiger partial charge is 0.497 e. The second kappa shape index (κ2) is 7.70. The molecule has 1 heterocycles. The molecule has 0 fully saturated rings. The Labute approximate surface area is 156 Å². The second-order valence-electron chi connectivity index (χ2n) is 6.03. The molecule has 0 unspecified atom stereocenters. The molecule has 0 bridgehead atoms. The molecule has 0 aliphatic carbocycles. The van der Waals surface area contributed by atoms with Gasteiger partial charge >= 0.3 is 0 Å². The number of aryl methyl sites for hydroxylation is 3. The molecule has 0 N–H and O–H groups in total. The van der Waals surface area contributed by atoms with Crippen LogP contribution in [0.15, 0.2) is 41.6 Å². The molecule has 3 rings (SSSR count). The van der Waals surface area contributed by atoms with Crippen LogP contribution in [0.3, 0.4) is 0 Å². The summed E-state index contributed by atoms with van der Waals surface area (Å²) in [6, 6.07) is 11.4. The van der Waals surface area contributed by atoms with Crippen molar-refractivity contribution < 1.29 is 9.53 Å². The van der Waals surface area contributed by atoms with Gasteiger partial charge in [0.05, 0.1) is 18.6 Å². The second-order valence-corrected chi connectivity index (χ2v) is 6.98. The zero-order chi connectivity index (χ0) is 18.7. The number of nitrogens with zero attached hydrogens (tertiary/aromatic N) is 4. The van der Waals surface area contributed by atoms with E-state index in [4.69, 9.17) is 4.74 Å². The van der Waals surface area contributed by atoms with E-state index in [0.717, 1.165) is 28.1 Å². The van der Waals surface area contributed by atoms with E-state index in [1.165, 1.54) is 17.3 Å². The van der Waals surface area contributed by atoms with Crippen LogP contribution in [-0.4, -0.2) is 38.9 Å². The molecule has 26 heavy (non-hydrogen) atoms. The van der Waals surface area contributed by atoms with E-state index in [9.17, 15) is 4.79 Å². The topological polar surface area (TPSA) is 69.9 Å². The highest BCUT2D eigenvalue weighted by molar-refractivity contribution is 7.99. The van der Waals surface area contributed by atoms with Crippen LogP contribution in [0.5, 0.6) is 5.75 Å². The number of ether oxygens (including phenoxy) is 1. The average Bonchev–Trinajstić information content (AvgIpc) is 3.11. The summed E-state index contributed by atoms with van der Waals surface area (Å²) in [6.07, 6.45) is 0. The summed E-state index contributed by atoms with van der Waals surface area (Å²) in [5.74, 6) is 1.11. The van der Waals surface area contributed by atoms with Gasteiger partial charge in [0.1, 0.15) is 5.75 Å². The highest BCUT2D eigenvalue weighted by atomic mass is 32.2. The van der Waals surface area contributed by atoms with Gasteiger partial charge in [-0.2, -0.15) is 4.68 Å². The van der Waals surface area contributed by atoms with Crippen molar-refractivity contribution in [3.05, 3.63) is 58.7 Å². The van der Waals surface area contributed by atoms with Gasteiger partial charge in [-0.3, -0.25) is 4.79 Å². The number of rotatable bonds is 6. The van der Waals surface area contributed by atoms with Gasteiger partial charge in [-0.05, 0) is 78.2 Å². The molecule has 1 aromatic heterocycles. The van der Waals surface area contributed by atoms with Gasteiger partial charge in [0.25, 0.3) is 0 Å². The molecule has 0 saturated heterocycles. The van der Waals surface area contributed by atoms with Gasteiger partial charge < -0.3 is 4.74 Å². The Morgan fingerprint density at radius 1 is 1.08 bits per heavy atom. The fourth-order valence-electron chi connectivity index (χ4n) is 2.62. The van der Waals surface area contributed by atoms with Crippen molar-refractivity contribution in [2.75, 3.05) is 12.9 Å². The molecule has 0 aliphatic heterocycles. The Kier molecular flexibility index (Phi) is 5.37. The Balaban J connectivity index is 1.75. The lowest BCUT2D eigenvalue weighted by Crippen LogP contribution is -2.07. The molecule has 3 aromatic rings. The fourth-order valence-corrected chi connectivity index (χ4v) is 3.40. The zero-order valence-electron chi connectivity index (χ0n) is 15.2. The van der Waals surface area contributed by atoms with E-state index in [1.54, 1.807) is 11.8 Å². The van der Waals surface area contributed by atoms with Crippen molar-refractivity contribution in [2.24, 2.45) is 0 Å². The molecule has 0 aliphatic rings. The molecule has 6 nitrogen and oxygen atoms in total. The lowest BCUT2D eigenvalue weighted by molar-refractivity contribution is 0.102. The minimum atomic E-state index is 0.0693. The van der Waals surface area contributed by atoms with E-state index < -0.39 is 0 Å². The minimum absolute atomic E-state index is 0.0693. The molecular weight excluding hydrogens is 348 g/mol. The van der Waals surface area contributed by atoms with E-state index in [-0.39, 0.29) is 11.5 Å². The maximum absolute atomic E-state index is 12.6. The van der Waals surface area contributed by atoms with Gasteiger partial charge in [-0.1, -0.05) is 17.8 Å². The molecule has 0 atom stereocenters. The molecule has 0 saturated carbocycles. The van der Waals surface area contributed by atoms with Crippen molar-refractivity contribution in [3.63, 3.8) is 0 Å². The third-order valence-corrected chi connectivity index (χ3v) is 5.15. The summed E-state index contributed by atoms with van der Waals surface area (Å²) in [7, 11) is 1.62. The number of tetrazole rings is 1. The predicted octanol–water partition coefficient (Wildman–Crippen LogP) is 3.57. The van der Waals surface area contributed by atoms with Crippen molar-refractivity contribution in [2.45, 2.75) is 25.9 Å². The Morgan fingerprint density at radius 2 is 1.77 bits per heavy atom. The van der Waals surface area contributed by atoms with Crippen molar-refractivity contribution in [1.29, 1.82) is 0 Å². The van der Waals surface area contributed by atoms with Crippen molar-refractivity contribution in [1.82, 2.24) is 20.2 Å². The summed E-state index contributed by atoms with van der Waals surface area (Å²) in [4.78, 5) is 12.6. The molecular formula is C19H20N4O2S. The summed E-state index contributed by atoms with van der Waals surface area (Å²) < 4.78 is 6.78. The normalized spacial score (nSPS) is 10.8. The number of hydrogen-bond donors (Lipinski definition) is 0. The number of methoxy groups -OCH3 is 1. The Bertz CT molecular complexity index is 935. The number of carbonyl (C=O) groups excluding carboxylic acids is 1. The lowest BCUT2D eigenvalue weighted by Gasteiger charge is -2.09. The van der Waals surface area contributed by atoms with Crippen LogP contribution in [0.2, 0.25) is 0 Å². The summed E-state index contributed by atoms with van der Waals surface area (Å²) in [6.45, 7) is 6.03. The van der Waals surface area contributed by atoms with Crippen LogP contribution in [0.25, 0.3) is 5.69 Å². The molecule has 2 aromatic carbocycles. The van der Waals surface area contributed by atoms with E-state index >= 15 is 0 Å². The smallest absolute Gasteiger partial charge is 0.214 e. The maximum Gasteiger partial charge on any atom is 0.214 e. The number of thioether (sulfide) groups is 1. The first-order valence-electron chi connectivity index (χ1n) is 8.16. The number of benzene rings is 2. The predicted molar refractivity (Wildman–Crippen MR) is 101 cm³/mol. The van der Waals surface area contributed by atoms with Gasteiger partial charge in [0.2, 0.25) is 5.16 Å². The summed E-state index contributed by atoms with van der Waals surface area (Å²) in [5, 5.41) is 12.4. The first-order valence-corrected chi connectivity index (χ1v) is 9.15. The zero-order valence-corrected chi connectivity index (χ0v) is 16.0. The lowest BCUT2D eigenvalue weighted by atomic mass is 9.99. The molecule has 0 radical (unpaired) electrons. The molecule has 7 heteroatoms. The van der Waals surface area contributed by atoms with E-state index in [2.05, 4.69) is 21.6 Å². The minimum Gasteiger partial charge on any atom is -0.497 e. The first kappa shape index (κ1) is 18.1. The number of hydrogen-bond acceptors (Lipinski definition) is 6. The highest BCUT2D eigenvalue weighted by Crippen LogP contribution is 2.23. The van der Waals surface area contributed by atoms with Crippen molar-refractivity contribution >= 4 is 17.5 Å². The van der Waals surface area contributed by atoms with Gasteiger partial charge in [-0.25, -0.2) is 0 Å². The average molecular weight is 368 g/mol. The SMILES string of the molecule is COc1ccc(-n2nnnc2SCC(=O)c2cc(C)c(C)cc2C)cc1.